The zero-order valence-electron chi connectivity index (χ0n) is 21.7. The third kappa shape index (κ3) is 7.92. The van der Waals surface area contributed by atoms with E-state index in [1.807, 2.05) is 19.2 Å². The monoisotopic (exact) mass is 501 g/mol. The fourth-order valence-electron chi connectivity index (χ4n) is 5.79. The van der Waals surface area contributed by atoms with E-state index in [1.165, 1.54) is 37.1 Å². The van der Waals surface area contributed by atoms with Gasteiger partial charge in [0.25, 0.3) is 0 Å². The first kappa shape index (κ1) is 26.9. The minimum absolute atomic E-state index is 0.0785. The topological polar surface area (TPSA) is 79.9 Å². The van der Waals surface area contributed by atoms with Crippen molar-refractivity contribution < 1.29 is 14.3 Å². The highest BCUT2D eigenvalue weighted by atomic mass is 19.1. The summed E-state index contributed by atoms with van der Waals surface area (Å²) in [5, 5.41) is 20.9. The van der Waals surface area contributed by atoms with E-state index in [-0.39, 0.29) is 23.6 Å². The number of aliphatic hydroxyl groups is 1. The van der Waals surface area contributed by atoms with Crippen molar-refractivity contribution in [2.45, 2.75) is 76.6 Å². The first-order chi connectivity index (χ1) is 17.5. The lowest BCUT2D eigenvalue weighted by Crippen LogP contribution is -2.46. The molecule has 3 aliphatic rings. The number of hydrogen-bond acceptors (Lipinski definition) is 6. The highest BCUT2D eigenvalue weighted by Crippen LogP contribution is 2.24. The maximum Gasteiger partial charge on any atom is 0.224 e. The molecule has 1 aromatic rings. The summed E-state index contributed by atoms with van der Waals surface area (Å²) < 4.78 is 13.2. The third-order valence-corrected chi connectivity index (χ3v) is 7.93. The van der Waals surface area contributed by atoms with Crippen LogP contribution in [0.3, 0.4) is 0 Å². The molecular formula is C28H44FN5O2. The number of nitrogens with zero attached hydrogens (tertiary/aromatic N) is 2. The first-order valence-electron chi connectivity index (χ1n) is 13.8. The van der Waals surface area contributed by atoms with Crippen LogP contribution >= 0.6 is 0 Å². The molecule has 2 unspecified atom stereocenters. The Morgan fingerprint density at radius 1 is 1.14 bits per heavy atom. The summed E-state index contributed by atoms with van der Waals surface area (Å²) >= 11 is 0. The number of aliphatic hydroxyl groups excluding tert-OH is 1. The largest absolute Gasteiger partial charge is 0.378 e. The quantitative estimate of drug-likeness (QED) is 0.390. The van der Waals surface area contributed by atoms with E-state index in [4.69, 9.17) is 0 Å². The van der Waals surface area contributed by atoms with Gasteiger partial charge in [-0.1, -0.05) is 31.4 Å². The predicted octanol–water partition coefficient (Wildman–Crippen LogP) is 3.12. The lowest BCUT2D eigenvalue weighted by Gasteiger charge is -2.32. The Bertz CT molecular complexity index is 858. The van der Waals surface area contributed by atoms with Crippen molar-refractivity contribution >= 4 is 5.91 Å². The number of nitrogens with one attached hydrogen (secondary N) is 3. The molecule has 1 aromatic carbocycles. The third-order valence-electron chi connectivity index (χ3n) is 7.93. The van der Waals surface area contributed by atoms with Gasteiger partial charge in [-0.3, -0.25) is 10.1 Å². The van der Waals surface area contributed by atoms with Crippen molar-refractivity contribution in [1.82, 2.24) is 25.8 Å². The van der Waals surface area contributed by atoms with Crippen molar-refractivity contribution in [2.75, 3.05) is 33.4 Å². The first-order valence-corrected chi connectivity index (χ1v) is 13.8. The molecule has 36 heavy (non-hydrogen) atoms. The van der Waals surface area contributed by atoms with Gasteiger partial charge in [-0.15, -0.1) is 0 Å². The molecule has 1 aliphatic carbocycles. The summed E-state index contributed by atoms with van der Waals surface area (Å²) in [7, 11) is 2.04. The van der Waals surface area contributed by atoms with Crippen LogP contribution in [-0.2, 0) is 11.3 Å². The van der Waals surface area contributed by atoms with E-state index in [0.29, 0.717) is 19.1 Å². The van der Waals surface area contributed by atoms with E-state index >= 15 is 0 Å². The van der Waals surface area contributed by atoms with Crippen molar-refractivity contribution in [2.24, 2.45) is 11.8 Å². The van der Waals surface area contributed by atoms with Crippen LogP contribution in [0.15, 0.2) is 36.2 Å². The van der Waals surface area contributed by atoms with Gasteiger partial charge >= 0.3 is 0 Å². The average Bonchev–Trinajstić information content (AvgIpc) is 3.19. The van der Waals surface area contributed by atoms with Crippen LogP contribution < -0.4 is 16.0 Å². The number of carbonyl (C=O) groups excluding carboxylic acids is 1. The molecule has 0 bridgehead atoms. The van der Waals surface area contributed by atoms with Gasteiger partial charge in [0.05, 0.1) is 12.6 Å². The van der Waals surface area contributed by atoms with Crippen LogP contribution in [0.2, 0.25) is 0 Å². The van der Waals surface area contributed by atoms with Gasteiger partial charge in [0.15, 0.2) is 0 Å². The molecule has 0 spiro atoms. The summed E-state index contributed by atoms with van der Waals surface area (Å²) in [6.07, 6.45) is 11.1. The minimum atomic E-state index is -0.491. The zero-order valence-corrected chi connectivity index (χ0v) is 21.7. The average molecular weight is 502 g/mol. The minimum Gasteiger partial charge on any atom is -0.378 e. The summed E-state index contributed by atoms with van der Waals surface area (Å²) in [6, 6.07) is 7.07. The Hall–Kier alpha value is -2.16. The van der Waals surface area contributed by atoms with Crippen LogP contribution in [0.5, 0.6) is 0 Å². The van der Waals surface area contributed by atoms with E-state index in [2.05, 4.69) is 32.0 Å². The lowest BCUT2D eigenvalue weighted by atomic mass is 9.88. The molecule has 8 heteroatoms. The van der Waals surface area contributed by atoms with Gasteiger partial charge in [-0.2, -0.15) is 0 Å². The van der Waals surface area contributed by atoms with Gasteiger partial charge in [0, 0.05) is 51.0 Å². The molecule has 4 N–H and O–H groups in total. The van der Waals surface area contributed by atoms with Gasteiger partial charge in [-0.05, 0) is 62.3 Å². The molecule has 7 nitrogen and oxygen atoms in total. The van der Waals surface area contributed by atoms with E-state index in [0.717, 1.165) is 63.8 Å². The maximum absolute atomic E-state index is 13.2. The Labute approximate surface area is 215 Å². The van der Waals surface area contributed by atoms with Crippen molar-refractivity contribution in [3.8, 4) is 0 Å². The highest BCUT2D eigenvalue weighted by Gasteiger charge is 2.28. The number of benzene rings is 1. The maximum atomic E-state index is 13.2. The van der Waals surface area contributed by atoms with E-state index in [1.54, 1.807) is 0 Å². The highest BCUT2D eigenvalue weighted by molar-refractivity contribution is 5.78. The second kappa shape index (κ2) is 13.4. The second-order valence-electron chi connectivity index (χ2n) is 10.9. The molecule has 1 saturated carbocycles. The molecule has 0 radical (unpaired) electrons. The number of halogens is 1. The molecule has 2 heterocycles. The van der Waals surface area contributed by atoms with Crippen LogP contribution in [0, 0.1) is 17.7 Å². The Balaban J connectivity index is 1.21. The fourth-order valence-corrected chi connectivity index (χ4v) is 5.79. The molecule has 2 fully saturated rings. The number of hydrogen-bond donors (Lipinski definition) is 4. The van der Waals surface area contributed by atoms with E-state index in [9.17, 15) is 14.3 Å². The molecule has 3 atom stereocenters. The number of carbonyl (C=O) groups is 1. The van der Waals surface area contributed by atoms with Crippen molar-refractivity contribution in [3.05, 3.63) is 47.5 Å². The normalized spacial score (nSPS) is 24.7. The summed E-state index contributed by atoms with van der Waals surface area (Å²) in [5.41, 5.74) is 2.24. The number of amides is 1. The molecule has 1 amide bonds. The Morgan fingerprint density at radius 3 is 2.69 bits per heavy atom. The second-order valence-corrected chi connectivity index (χ2v) is 10.9. The smallest absolute Gasteiger partial charge is 0.224 e. The summed E-state index contributed by atoms with van der Waals surface area (Å²) in [4.78, 5) is 17.4. The zero-order chi connectivity index (χ0) is 25.3. The molecular weight excluding hydrogens is 457 g/mol. The standard InChI is InChI=1S/C28H44FN5O2/c1-33-19-26(34(20-33)18-21-7-11-24(29)12-8-21)14-16-31-27(35)23-10-9-22(13-15-30-17-23)28(36)32-25-5-3-2-4-6-25/h7-8,11-12,19,22-23,25,28,30,32,36H,2-6,9-10,13-18,20H2,1H3,(H,31,35)/t22?,23-,28?/m1/s1. The van der Waals surface area contributed by atoms with E-state index < -0.39 is 6.23 Å². The molecule has 1 saturated heterocycles. The molecule has 2 aliphatic heterocycles. The van der Waals surface area contributed by atoms with Gasteiger partial charge in [-0.25, -0.2) is 4.39 Å². The van der Waals surface area contributed by atoms with Crippen LogP contribution in [0.4, 0.5) is 4.39 Å². The molecule has 200 valence electrons. The van der Waals surface area contributed by atoms with Gasteiger partial charge < -0.3 is 25.5 Å². The molecule has 0 aromatic heterocycles. The van der Waals surface area contributed by atoms with Gasteiger partial charge in [0.1, 0.15) is 12.0 Å². The van der Waals surface area contributed by atoms with Crippen LogP contribution in [0.1, 0.15) is 63.4 Å². The van der Waals surface area contributed by atoms with Gasteiger partial charge in [0.2, 0.25) is 5.91 Å². The predicted molar refractivity (Wildman–Crippen MR) is 140 cm³/mol. The SMILES string of the molecule is CN1C=C(CCNC(=O)[C@@H]2CCC(C(O)NC3CCCCC3)CCNC2)N(Cc2ccc(F)cc2)C1. The number of rotatable bonds is 9. The fraction of sp³-hybridized carbons (Fsp3) is 0.679. The Morgan fingerprint density at radius 2 is 1.92 bits per heavy atom. The summed E-state index contributed by atoms with van der Waals surface area (Å²) in [6.45, 7) is 3.60. The van der Waals surface area contributed by atoms with Crippen LogP contribution in [-0.4, -0.2) is 66.4 Å². The van der Waals surface area contributed by atoms with Crippen molar-refractivity contribution in [3.63, 3.8) is 0 Å². The molecule has 4 rings (SSSR count). The van der Waals surface area contributed by atoms with Crippen LogP contribution in [0.25, 0.3) is 0 Å². The summed E-state index contributed by atoms with van der Waals surface area (Å²) in [5.74, 6) is -0.0323. The van der Waals surface area contributed by atoms with Crippen molar-refractivity contribution in [1.29, 1.82) is 0 Å². The lowest BCUT2D eigenvalue weighted by molar-refractivity contribution is -0.125. The Kier molecular flexibility index (Phi) is 10.0.